The van der Waals surface area contributed by atoms with Gasteiger partial charge in [-0.25, -0.2) is 0 Å². The molecule has 0 aromatic heterocycles. The van der Waals surface area contributed by atoms with E-state index >= 15 is 0 Å². The molecule has 0 amide bonds. The first-order chi connectivity index (χ1) is 11.6. The topological polar surface area (TPSA) is 20.3 Å². The fourth-order valence-electron chi connectivity index (χ4n) is 5.02. The maximum atomic E-state index is 13.1. The molecule has 4 unspecified atom stereocenters. The smallest absolute Gasteiger partial charge is 0.140 e. The summed E-state index contributed by atoms with van der Waals surface area (Å²) < 4.78 is 0. The van der Waals surface area contributed by atoms with Crippen LogP contribution >= 0.6 is 0 Å². The summed E-state index contributed by atoms with van der Waals surface area (Å²) in [5.74, 6) is 1.09. The van der Waals surface area contributed by atoms with Gasteiger partial charge in [0, 0.05) is 23.9 Å². The normalized spacial score (nSPS) is 30.2. The Morgan fingerprint density at radius 1 is 1.08 bits per heavy atom. The third kappa shape index (κ3) is 2.48. The number of hydrogen-bond donors (Lipinski definition) is 0. The second-order valence-electron chi connectivity index (χ2n) is 8.00. The number of rotatable bonds is 3. The second-order valence-corrected chi connectivity index (χ2v) is 8.00. The van der Waals surface area contributed by atoms with Gasteiger partial charge in [0.2, 0.25) is 0 Å². The Morgan fingerprint density at radius 2 is 1.83 bits per heavy atom. The van der Waals surface area contributed by atoms with E-state index in [9.17, 15) is 4.79 Å². The molecule has 2 aliphatic rings. The summed E-state index contributed by atoms with van der Waals surface area (Å²) in [6, 6.07) is 16.4. The molecule has 0 radical (unpaired) electrons. The fraction of sp³-hybridized carbons (Fsp3) is 0.500. The van der Waals surface area contributed by atoms with E-state index in [4.69, 9.17) is 0 Å². The molecule has 126 valence electrons. The van der Waals surface area contributed by atoms with Crippen molar-refractivity contribution in [2.45, 2.75) is 51.1 Å². The lowest BCUT2D eigenvalue weighted by Crippen LogP contribution is -2.49. The number of piperidine rings is 1. The van der Waals surface area contributed by atoms with Gasteiger partial charge in [-0.15, -0.1) is 0 Å². The molecule has 0 spiro atoms. The molecule has 0 saturated carbocycles. The van der Waals surface area contributed by atoms with Crippen LogP contribution in [0.4, 0.5) is 0 Å². The molecule has 2 saturated heterocycles. The van der Waals surface area contributed by atoms with Crippen LogP contribution in [0.1, 0.15) is 44.6 Å². The third-order valence-corrected chi connectivity index (χ3v) is 6.37. The monoisotopic (exact) mass is 321 g/mol. The van der Waals surface area contributed by atoms with E-state index in [1.165, 1.54) is 29.2 Å². The lowest BCUT2D eigenvalue weighted by Gasteiger charge is -2.43. The Bertz CT molecular complexity index is 765. The van der Waals surface area contributed by atoms with Gasteiger partial charge in [0.1, 0.15) is 5.78 Å². The molecule has 2 aliphatic heterocycles. The van der Waals surface area contributed by atoms with Crippen molar-refractivity contribution in [2.75, 3.05) is 7.05 Å². The van der Waals surface area contributed by atoms with Gasteiger partial charge in [0.15, 0.2) is 0 Å². The van der Waals surface area contributed by atoms with Crippen LogP contribution < -0.4 is 0 Å². The number of ketones is 1. The second kappa shape index (κ2) is 6.00. The van der Waals surface area contributed by atoms with Crippen molar-refractivity contribution in [1.29, 1.82) is 0 Å². The zero-order valence-electron chi connectivity index (χ0n) is 14.9. The van der Waals surface area contributed by atoms with Crippen LogP contribution in [-0.2, 0) is 4.79 Å². The molecule has 2 bridgehead atoms. The van der Waals surface area contributed by atoms with Gasteiger partial charge in [-0.3, -0.25) is 9.69 Å². The maximum Gasteiger partial charge on any atom is 0.140 e. The van der Waals surface area contributed by atoms with Gasteiger partial charge >= 0.3 is 0 Å². The summed E-state index contributed by atoms with van der Waals surface area (Å²) in [7, 11) is 2.22. The minimum absolute atomic E-state index is 0.114. The first-order valence-electron chi connectivity index (χ1n) is 9.30. The molecule has 4 atom stereocenters. The van der Waals surface area contributed by atoms with E-state index in [1.54, 1.807) is 0 Å². The van der Waals surface area contributed by atoms with Crippen molar-refractivity contribution < 1.29 is 4.79 Å². The van der Waals surface area contributed by atoms with Gasteiger partial charge in [-0.2, -0.15) is 0 Å². The van der Waals surface area contributed by atoms with Gasteiger partial charge < -0.3 is 0 Å². The first kappa shape index (κ1) is 15.8. The van der Waals surface area contributed by atoms with Crippen molar-refractivity contribution >= 4 is 16.6 Å². The zero-order chi connectivity index (χ0) is 16.8. The lowest BCUT2D eigenvalue weighted by molar-refractivity contribution is -0.130. The Hall–Kier alpha value is -1.67. The Morgan fingerprint density at radius 3 is 2.58 bits per heavy atom. The van der Waals surface area contributed by atoms with Crippen molar-refractivity contribution in [3.05, 3.63) is 48.0 Å². The molecular weight excluding hydrogens is 294 g/mol. The van der Waals surface area contributed by atoms with E-state index < -0.39 is 0 Å². The SMILES string of the molecule is CC(C)C(=O)C1C(c2ccc3ccccc3c2)CC2CCC1N2C. The van der Waals surface area contributed by atoms with Crippen molar-refractivity contribution in [1.82, 2.24) is 4.90 Å². The van der Waals surface area contributed by atoms with Gasteiger partial charge in [-0.05, 0) is 48.6 Å². The molecule has 2 heteroatoms. The van der Waals surface area contributed by atoms with Crippen LogP contribution in [0.3, 0.4) is 0 Å². The predicted octanol–water partition coefficient (Wildman–Crippen LogP) is 4.63. The molecule has 0 N–H and O–H groups in total. The number of carbonyl (C=O) groups is 1. The summed E-state index contributed by atoms with van der Waals surface area (Å²) in [6.45, 7) is 4.11. The summed E-state index contributed by atoms with van der Waals surface area (Å²) in [5.41, 5.74) is 1.36. The molecular formula is C22H27NO. The van der Waals surface area contributed by atoms with Gasteiger partial charge in [0.05, 0.1) is 0 Å². The van der Waals surface area contributed by atoms with Crippen LogP contribution in [-0.4, -0.2) is 29.8 Å². The standard InChI is InChI=1S/C22H27NO/c1-14(2)22(24)21-19(13-18-10-11-20(21)23(18)3)17-9-8-15-6-4-5-7-16(15)12-17/h4-9,12,14,18-21H,10-11,13H2,1-3H3. The highest BCUT2D eigenvalue weighted by atomic mass is 16.1. The Balaban J connectivity index is 1.76. The molecule has 2 aromatic carbocycles. The average molecular weight is 321 g/mol. The fourth-order valence-corrected chi connectivity index (χ4v) is 5.02. The van der Waals surface area contributed by atoms with Crippen molar-refractivity contribution in [3.8, 4) is 0 Å². The van der Waals surface area contributed by atoms with E-state index in [-0.39, 0.29) is 11.8 Å². The highest BCUT2D eigenvalue weighted by Gasteiger charge is 2.49. The maximum absolute atomic E-state index is 13.1. The Kier molecular flexibility index (Phi) is 3.96. The molecule has 0 aliphatic carbocycles. The summed E-state index contributed by atoms with van der Waals surface area (Å²) >= 11 is 0. The largest absolute Gasteiger partial charge is 0.300 e. The van der Waals surface area contributed by atoms with E-state index in [0.717, 1.165) is 6.42 Å². The highest BCUT2D eigenvalue weighted by Crippen LogP contribution is 2.47. The zero-order valence-corrected chi connectivity index (χ0v) is 14.9. The molecule has 2 heterocycles. The van der Waals surface area contributed by atoms with Crippen molar-refractivity contribution in [2.24, 2.45) is 11.8 Å². The highest BCUT2D eigenvalue weighted by molar-refractivity contribution is 5.86. The number of Topliss-reactive ketones (excluding diaryl/α,β-unsaturated/α-hetero) is 1. The summed E-state index contributed by atoms with van der Waals surface area (Å²) in [6.07, 6.45) is 3.54. The van der Waals surface area contributed by atoms with Crippen LogP contribution in [0.5, 0.6) is 0 Å². The third-order valence-electron chi connectivity index (χ3n) is 6.37. The van der Waals surface area contributed by atoms with Gasteiger partial charge in [0.25, 0.3) is 0 Å². The number of carbonyl (C=O) groups excluding carboxylic acids is 1. The van der Waals surface area contributed by atoms with Crippen molar-refractivity contribution in [3.63, 3.8) is 0 Å². The first-order valence-corrected chi connectivity index (χ1v) is 9.30. The minimum atomic E-state index is 0.114. The average Bonchev–Trinajstić information content (AvgIpc) is 2.83. The van der Waals surface area contributed by atoms with Crippen LogP contribution in [0, 0.1) is 11.8 Å². The number of hydrogen-bond acceptors (Lipinski definition) is 2. The van der Waals surface area contributed by atoms with Crippen LogP contribution in [0.15, 0.2) is 42.5 Å². The summed E-state index contributed by atoms with van der Waals surface area (Å²) in [4.78, 5) is 15.5. The molecule has 4 rings (SSSR count). The van der Waals surface area contributed by atoms with Gasteiger partial charge in [-0.1, -0.05) is 56.3 Å². The molecule has 24 heavy (non-hydrogen) atoms. The molecule has 2 aromatic rings. The van der Waals surface area contributed by atoms with E-state index in [1.807, 2.05) is 0 Å². The number of fused-ring (bicyclic) bond motifs is 3. The lowest BCUT2D eigenvalue weighted by atomic mass is 9.72. The quantitative estimate of drug-likeness (QED) is 0.821. The number of nitrogens with zero attached hydrogens (tertiary/aromatic N) is 1. The predicted molar refractivity (Wildman–Crippen MR) is 99.2 cm³/mol. The molecule has 2 nitrogen and oxygen atoms in total. The summed E-state index contributed by atoms with van der Waals surface area (Å²) in [5, 5.41) is 2.57. The molecule has 2 fully saturated rings. The van der Waals surface area contributed by atoms with Crippen LogP contribution in [0.25, 0.3) is 10.8 Å². The minimum Gasteiger partial charge on any atom is -0.300 e. The van der Waals surface area contributed by atoms with E-state index in [0.29, 0.717) is 23.8 Å². The Labute approximate surface area is 144 Å². The van der Waals surface area contributed by atoms with Crippen LogP contribution in [0.2, 0.25) is 0 Å². The van der Waals surface area contributed by atoms with E-state index in [2.05, 4.69) is 68.3 Å². The number of benzene rings is 2.